The third-order valence-corrected chi connectivity index (χ3v) is 2.29. The highest BCUT2D eigenvalue weighted by molar-refractivity contribution is 7.80. The van der Waals surface area contributed by atoms with Gasteiger partial charge in [-0.3, -0.25) is 4.98 Å². The zero-order valence-electron chi connectivity index (χ0n) is 8.09. The van der Waals surface area contributed by atoms with Crippen molar-refractivity contribution < 1.29 is 10.2 Å². The number of nitrogens with zero attached hydrogens (tertiary/aromatic N) is 1. The molecule has 4 heteroatoms. The lowest BCUT2D eigenvalue weighted by Gasteiger charge is -2.16. The molecule has 3 nitrogen and oxygen atoms in total. The molecule has 78 valence electrons. The molecule has 0 saturated heterocycles. The summed E-state index contributed by atoms with van der Waals surface area (Å²) in [5.74, 6) is 0.546. The van der Waals surface area contributed by atoms with Crippen molar-refractivity contribution in [2.45, 2.75) is 25.6 Å². The molecule has 0 aliphatic heterocycles. The van der Waals surface area contributed by atoms with E-state index >= 15 is 0 Å². The summed E-state index contributed by atoms with van der Waals surface area (Å²) in [6.07, 6.45) is 0.380. The summed E-state index contributed by atoms with van der Waals surface area (Å²) in [4.78, 5) is 4.01. The first-order valence-corrected chi connectivity index (χ1v) is 5.18. The Bertz CT molecular complexity index is 293. The minimum absolute atomic E-state index is 0.458. The van der Waals surface area contributed by atoms with Crippen molar-refractivity contribution in [2.75, 3.05) is 5.75 Å². The number of thiol groups is 1. The second-order valence-electron chi connectivity index (χ2n) is 3.28. The Kier molecular flexibility index (Phi) is 4.38. The molecular formula is C10H15NO2S. The van der Waals surface area contributed by atoms with Crippen LogP contribution in [0.1, 0.15) is 23.8 Å². The van der Waals surface area contributed by atoms with E-state index in [4.69, 9.17) is 0 Å². The summed E-state index contributed by atoms with van der Waals surface area (Å²) in [5.41, 5.74) is 1.53. The molecule has 0 fully saturated rings. The Morgan fingerprint density at radius 1 is 1.50 bits per heavy atom. The summed E-state index contributed by atoms with van der Waals surface area (Å²) in [6, 6.07) is 3.62. The van der Waals surface area contributed by atoms with E-state index in [2.05, 4.69) is 17.6 Å². The first-order chi connectivity index (χ1) is 6.65. The van der Waals surface area contributed by atoms with Crippen LogP contribution in [-0.4, -0.2) is 27.1 Å². The van der Waals surface area contributed by atoms with E-state index in [1.807, 2.05) is 13.0 Å². The maximum atomic E-state index is 9.70. The van der Waals surface area contributed by atoms with Crippen LogP contribution in [0.5, 0.6) is 0 Å². The molecule has 0 radical (unpaired) electrons. The first kappa shape index (κ1) is 11.5. The number of hydrogen-bond donors (Lipinski definition) is 3. The molecular weight excluding hydrogens is 198 g/mol. The van der Waals surface area contributed by atoms with Gasteiger partial charge in [0.15, 0.2) is 0 Å². The quantitative estimate of drug-likeness (QED) is 0.657. The lowest BCUT2D eigenvalue weighted by atomic mass is 10.1. The fourth-order valence-corrected chi connectivity index (χ4v) is 1.47. The van der Waals surface area contributed by atoms with E-state index in [9.17, 15) is 10.2 Å². The van der Waals surface area contributed by atoms with Crippen LogP contribution in [0.2, 0.25) is 0 Å². The van der Waals surface area contributed by atoms with Crippen LogP contribution in [-0.2, 0) is 0 Å². The molecule has 1 aromatic heterocycles. The number of aliphatic hydroxyl groups excluding tert-OH is 2. The van der Waals surface area contributed by atoms with Crippen LogP contribution in [0.25, 0.3) is 0 Å². The third kappa shape index (κ3) is 2.97. The van der Waals surface area contributed by atoms with Crippen molar-refractivity contribution >= 4 is 12.6 Å². The molecule has 2 N–H and O–H groups in total. The smallest absolute Gasteiger partial charge is 0.122 e. The van der Waals surface area contributed by atoms with Gasteiger partial charge >= 0.3 is 0 Å². The van der Waals surface area contributed by atoms with Crippen LogP contribution in [0, 0.1) is 6.92 Å². The van der Waals surface area contributed by atoms with Crippen molar-refractivity contribution in [1.82, 2.24) is 4.98 Å². The first-order valence-electron chi connectivity index (χ1n) is 4.54. The van der Waals surface area contributed by atoms with Crippen molar-refractivity contribution in [1.29, 1.82) is 0 Å². The fourth-order valence-electron chi connectivity index (χ4n) is 1.21. The highest BCUT2D eigenvalue weighted by Crippen LogP contribution is 2.17. The van der Waals surface area contributed by atoms with Gasteiger partial charge in [-0.1, -0.05) is 0 Å². The molecule has 2 unspecified atom stereocenters. The van der Waals surface area contributed by atoms with E-state index < -0.39 is 12.2 Å². The van der Waals surface area contributed by atoms with Crippen LogP contribution < -0.4 is 0 Å². The van der Waals surface area contributed by atoms with Gasteiger partial charge in [0, 0.05) is 6.20 Å². The van der Waals surface area contributed by atoms with Crippen molar-refractivity contribution in [3.8, 4) is 0 Å². The van der Waals surface area contributed by atoms with Crippen LogP contribution in [0.3, 0.4) is 0 Å². The molecule has 0 spiro atoms. The van der Waals surface area contributed by atoms with E-state index in [0.29, 0.717) is 17.9 Å². The molecule has 0 saturated carbocycles. The van der Waals surface area contributed by atoms with Crippen molar-refractivity contribution in [3.05, 3.63) is 29.6 Å². The summed E-state index contributed by atoms with van der Waals surface area (Å²) in [7, 11) is 0. The molecule has 2 atom stereocenters. The van der Waals surface area contributed by atoms with Crippen LogP contribution in [0.4, 0.5) is 0 Å². The fraction of sp³-hybridized carbons (Fsp3) is 0.500. The molecule has 0 aliphatic carbocycles. The van der Waals surface area contributed by atoms with E-state index in [1.165, 1.54) is 0 Å². The highest BCUT2D eigenvalue weighted by Gasteiger charge is 2.18. The number of rotatable bonds is 4. The zero-order valence-corrected chi connectivity index (χ0v) is 8.98. The number of aliphatic hydroxyl groups is 2. The number of aryl methyl sites for hydroxylation is 1. The molecule has 1 aromatic rings. The monoisotopic (exact) mass is 213 g/mol. The van der Waals surface area contributed by atoms with Gasteiger partial charge in [0.05, 0.1) is 11.8 Å². The predicted octanol–water partition coefficient (Wildman–Crippen LogP) is 1.10. The molecule has 0 aromatic carbocycles. The second-order valence-corrected chi connectivity index (χ2v) is 3.73. The zero-order chi connectivity index (χ0) is 10.6. The van der Waals surface area contributed by atoms with Gasteiger partial charge < -0.3 is 10.2 Å². The van der Waals surface area contributed by atoms with Gasteiger partial charge in [0.2, 0.25) is 0 Å². The van der Waals surface area contributed by atoms with Gasteiger partial charge in [0.1, 0.15) is 6.10 Å². The van der Waals surface area contributed by atoms with E-state index in [0.717, 1.165) is 5.56 Å². The average molecular weight is 213 g/mol. The number of pyridine rings is 1. The van der Waals surface area contributed by atoms with Gasteiger partial charge in [-0.05, 0) is 36.8 Å². The average Bonchev–Trinajstić information content (AvgIpc) is 2.17. The van der Waals surface area contributed by atoms with Gasteiger partial charge in [-0.2, -0.15) is 12.6 Å². The lowest BCUT2D eigenvalue weighted by molar-refractivity contribution is 0.0146. The third-order valence-electron chi connectivity index (χ3n) is 2.03. The Balaban J connectivity index is 2.73. The topological polar surface area (TPSA) is 53.4 Å². The highest BCUT2D eigenvalue weighted by atomic mass is 32.1. The SMILES string of the molecule is Cc1ccnc(C(O)C(O)CCS)c1. The molecule has 0 bridgehead atoms. The summed E-state index contributed by atoms with van der Waals surface area (Å²) >= 11 is 4.00. The summed E-state index contributed by atoms with van der Waals surface area (Å²) < 4.78 is 0. The van der Waals surface area contributed by atoms with Crippen molar-refractivity contribution in [2.24, 2.45) is 0 Å². The Morgan fingerprint density at radius 3 is 2.79 bits per heavy atom. The molecule has 0 amide bonds. The van der Waals surface area contributed by atoms with Crippen LogP contribution >= 0.6 is 12.6 Å². The molecule has 14 heavy (non-hydrogen) atoms. The normalized spacial score (nSPS) is 15.1. The Hall–Kier alpha value is -0.580. The van der Waals surface area contributed by atoms with Gasteiger partial charge in [-0.15, -0.1) is 0 Å². The summed E-state index contributed by atoms with van der Waals surface area (Å²) in [5, 5.41) is 19.2. The Labute approximate surface area is 89.2 Å². The van der Waals surface area contributed by atoms with Crippen molar-refractivity contribution in [3.63, 3.8) is 0 Å². The number of hydrogen-bond acceptors (Lipinski definition) is 4. The molecule has 1 heterocycles. The minimum atomic E-state index is -0.915. The van der Waals surface area contributed by atoms with Gasteiger partial charge in [0.25, 0.3) is 0 Å². The maximum Gasteiger partial charge on any atom is 0.122 e. The largest absolute Gasteiger partial charge is 0.390 e. The van der Waals surface area contributed by atoms with Crippen LogP contribution in [0.15, 0.2) is 18.3 Å². The lowest BCUT2D eigenvalue weighted by Crippen LogP contribution is -2.19. The number of aromatic nitrogens is 1. The second kappa shape index (κ2) is 5.34. The van der Waals surface area contributed by atoms with Gasteiger partial charge in [-0.25, -0.2) is 0 Å². The predicted molar refractivity (Wildman–Crippen MR) is 58.4 cm³/mol. The van der Waals surface area contributed by atoms with E-state index in [1.54, 1.807) is 12.3 Å². The molecule has 0 aliphatic rings. The summed E-state index contributed by atoms with van der Waals surface area (Å²) in [6.45, 7) is 1.92. The standard InChI is InChI=1S/C10H15NO2S/c1-7-2-4-11-8(6-7)10(13)9(12)3-5-14/h2,4,6,9-10,12-14H,3,5H2,1H3. The Morgan fingerprint density at radius 2 is 2.21 bits per heavy atom. The van der Waals surface area contributed by atoms with E-state index in [-0.39, 0.29) is 0 Å². The molecule has 1 rings (SSSR count). The minimum Gasteiger partial charge on any atom is -0.390 e. The maximum absolute atomic E-state index is 9.70.